The molecule has 20 heavy (non-hydrogen) atoms. The molecule has 0 aliphatic heterocycles. The summed E-state index contributed by atoms with van der Waals surface area (Å²) in [6.07, 6.45) is 0. The number of nitrogens with zero attached hydrogens (tertiary/aromatic N) is 2. The van der Waals surface area contributed by atoms with Crippen LogP contribution in [0, 0.1) is 10.1 Å². The molecule has 0 saturated carbocycles. The molecular weight excluding hydrogens is 268 g/mol. The highest BCUT2D eigenvalue weighted by atomic mass is 16.6. The van der Waals surface area contributed by atoms with Crippen LogP contribution < -0.4 is 4.74 Å². The maximum Gasteiger partial charge on any atom is 0.273 e. The number of aliphatic hydroxyl groups is 2. The number of non-ortho nitro benzene ring substituents is 1. The molecule has 0 heterocycles. The highest BCUT2D eigenvalue weighted by Gasteiger charge is 2.14. The van der Waals surface area contributed by atoms with Crippen molar-refractivity contribution in [2.75, 3.05) is 32.9 Å². The van der Waals surface area contributed by atoms with Crippen LogP contribution in [0.2, 0.25) is 0 Å². The lowest BCUT2D eigenvalue weighted by atomic mass is 10.3. The highest BCUT2D eigenvalue weighted by Crippen LogP contribution is 2.18. The topological polar surface area (TPSA) is 113 Å². The largest absolute Gasteiger partial charge is 0.484 e. The summed E-state index contributed by atoms with van der Waals surface area (Å²) in [6.45, 7) is -0.568. The minimum atomic E-state index is -0.557. The molecule has 0 aliphatic rings. The second kappa shape index (κ2) is 8.08. The van der Waals surface area contributed by atoms with Crippen LogP contribution >= 0.6 is 0 Å². The van der Waals surface area contributed by atoms with Crippen LogP contribution in [-0.4, -0.2) is 58.9 Å². The second-order valence-electron chi connectivity index (χ2n) is 3.87. The van der Waals surface area contributed by atoms with Crippen LogP contribution in [0.1, 0.15) is 0 Å². The van der Waals surface area contributed by atoms with Gasteiger partial charge in [0.1, 0.15) is 5.75 Å². The van der Waals surface area contributed by atoms with Gasteiger partial charge in [0, 0.05) is 19.2 Å². The number of benzene rings is 1. The molecule has 0 atom stereocenters. The number of aliphatic hydroxyl groups excluding tert-OH is 2. The fourth-order valence-electron chi connectivity index (χ4n) is 1.53. The van der Waals surface area contributed by atoms with E-state index in [1.165, 1.54) is 29.2 Å². The lowest BCUT2D eigenvalue weighted by molar-refractivity contribution is -0.384. The quantitative estimate of drug-likeness (QED) is 0.504. The first-order chi connectivity index (χ1) is 9.58. The number of hydrogen-bond acceptors (Lipinski definition) is 6. The predicted octanol–water partition coefficient (Wildman–Crippen LogP) is -0.213. The van der Waals surface area contributed by atoms with Gasteiger partial charge in [-0.25, -0.2) is 0 Å². The van der Waals surface area contributed by atoms with E-state index in [2.05, 4.69) is 0 Å². The van der Waals surface area contributed by atoms with E-state index >= 15 is 0 Å². The first kappa shape index (κ1) is 15.9. The normalized spacial score (nSPS) is 10.1. The van der Waals surface area contributed by atoms with Crippen molar-refractivity contribution in [3.8, 4) is 5.75 Å². The fraction of sp³-hybridized carbons (Fsp3) is 0.417. The summed E-state index contributed by atoms with van der Waals surface area (Å²) in [5, 5.41) is 28.2. The summed E-state index contributed by atoms with van der Waals surface area (Å²) in [7, 11) is 0. The number of carbonyl (C=O) groups is 1. The van der Waals surface area contributed by atoms with E-state index in [1.54, 1.807) is 0 Å². The first-order valence-electron chi connectivity index (χ1n) is 5.95. The van der Waals surface area contributed by atoms with Gasteiger partial charge in [0.15, 0.2) is 6.61 Å². The van der Waals surface area contributed by atoms with E-state index < -0.39 is 10.8 Å². The van der Waals surface area contributed by atoms with Gasteiger partial charge in [-0.1, -0.05) is 6.07 Å². The number of hydrogen-bond donors (Lipinski definition) is 2. The molecular formula is C12H16N2O6. The maximum atomic E-state index is 11.8. The number of ether oxygens (including phenoxy) is 1. The van der Waals surface area contributed by atoms with Crippen molar-refractivity contribution in [3.05, 3.63) is 34.4 Å². The number of carbonyl (C=O) groups excluding carboxylic acids is 1. The Balaban J connectivity index is 2.59. The Morgan fingerprint density at radius 2 is 1.95 bits per heavy atom. The minimum absolute atomic E-state index is 0.0949. The summed E-state index contributed by atoms with van der Waals surface area (Å²) < 4.78 is 5.17. The molecule has 0 radical (unpaired) electrons. The van der Waals surface area contributed by atoms with Crippen molar-refractivity contribution in [2.45, 2.75) is 0 Å². The molecule has 0 unspecified atom stereocenters. The van der Waals surface area contributed by atoms with Crippen molar-refractivity contribution in [1.29, 1.82) is 0 Å². The highest BCUT2D eigenvalue weighted by molar-refractivity contribution is 5.77. The average molecular weight is 284 g/mol. The Morgan fingerprint density at radius 3 is 2.50 bits per heavy atom. The molecule has 1 aromatic carbocycles. The van der Waals surface area contributed by atoms with Gasteiger partial charge in [-0.3, -0.25) is 14.9 Å². The van der Waals surface area contributed by atoms with E-state index in [9.17, 15) is 14.9 Å². The third kappa shape index (κ3) is 4.82. The van der Waals surface area contributed by atoms with Crippen molar-refractivity contribution < 1.29 is 24.7 Å². The van der Waals surface area contributed by atoms with Gasteiger partial charge in [-0.15, -0.1) is 0 Å². The number of amides is 1. The first-order valence-corrected chi connectivity index (χ1v) is 5.95. The fourth-order valence-corrected chi connectivity index (χ4v) is 1.53. The van der Waals surface area contributed by atoms with Gasteiger partial charge < -0.3 is 19.8 Å². The Morgan fingerprint density at radius 1 is 1.30 bits per heavy atom. The molecule has 0 spiro atoms. The van der Waals surface area contributed by atoms with Crippen LogP contribution in [0.5, 0.6) is 5.75 Å². The standard InChI is InChI=1S/C12H16N2O6/c15-6-4-13(5-7-16)12(17)9-20-11-3-1-2-10(8-11)14(18)19/h1-3,8,15-16H,4-7,9H2. The van der Waals surface area contributed by atoms with E-state index in [0.717, 1.165) is 0 Å². The third-order valence-corrected chi connectivity index (χ3v) is 2.48. The molecule has 110 valence electrons. The van der Waals surface area contributed by atoms with Crippen molar-refractivity contribution >= 4 is 11.6 Å². The lowest BCUT2D eigenvalue weighted by Crippen LogP contribution is -2.38. The molecule has 0 aromatic heterocycles. The Hall–Kier alpha value is -2.19. The molecule has 1 aromatic rings. The third-order valence-electron chi connectivity index (χ3n) is 2.48. The second-order valence-corrected chi connectivity index (χ2v) is 3.87. The zero-order chi connectivity index (χ0) is 15.0. The van der Waals surface area contributed by atoms with Gasteiger partial charge >= 0.3 is 0 Å². The Kier molecular flexibility index (Phi) is 6.41. The van der Waals surface area contributed by atoms with Crippen LogP contribution in [0.3, 0.4) is 0 Å². The van der Waals surface area contributed by atoms with Crippen LogP contribution in [-0.2, 0) is 4.79 Å². The summed E-state index contributed by atoms with van der Waals surface area (Å²) >= 11 is 0. The Bertz CT molecular complexity index is 459. The van der Waals surface area contributed by atoms with Crippen molar-refractivity contribution in [1.82, 2.24) is 4.90 Å². The molecule has 1 amide bonds. The summed E-state index contributed by atoms with van der Waals surface area (Å²) in [6, 6.07) is 5.49. The van der Waals surface area contributed by atoms with Gasteiger partial charge in [-0.2, -0.15) is 0 Å². The van der Waals surface area contributed by atoms with Gasteiger partial charge in [-0.05, 0) is 6.07 Å². The Labute approximate surface area is 115 Å². The molecule has 0 saturated heterocycles. The van der Waals surface area contributed by atoms with Gasteiger partial charge in [0.2, 0.25) is 0 Å². The smallest absolute Gasteiger partial charge is 0.273 e. The summed E-state index contributed by atoms with van der Waals surface area (Å²) in [4.78, 5) is 23.0. The number of nitro groups is 1. The molecule has 0 aliphatic carbocycles. The molecule has 0 fully saturated rings. The van der Waals surface area contributed by atoms with Gasteiger partial charge in [0.25, 0.3) is 11.6 Å². The van der Waals surface area contributed by atoms with E-state index in [-0.39, 0.29) is 44.3 Å². The minimum Gasteiger partial charge on any atom is -0.484 e. The van der Waals surface area contributed by atoms with Crippen molar-refractivity contribution in [3.63, 3.8) is 0 Å². The predicted molar refractivity (Wildman–Crippen MR) is 69.3 cm³/mol. The van der Waals surface area contributed by atoms with Crippen LogP contribution in [0.25, 0.3) is 0 Å². The molecule has 2 N–H and O–H groups in total. The SMILES string of the molecule is O=C(COc1cccc([N+](=O)[O-])c1)N(CCO)CCO. The van der Waals surface area contributed by atoms with Crippen LogP contribution in [0.4, 0.5) is 5.69 Å². The summed E-state index contributed by atoms with van der Waals surface area (Å²) in [5.41, 5.74) is -0.127. The zero-order valence-corrected chi connectivity index (χ0v) is 10.8. The molecule has 8 nitrogen and oxygen atoms in total. The molecule has 0 bridgehead atoms. The van der Waals surface area contributed by atoms with E-state index in [4.69, 9.17) is 14.9 Å². The van der Waals surface area contributed by atoms with E-state index in [0.29, 0.717) is 0 Å². The average Bonchev–Trinajstić information content (AvgIpc) is 2.45. The maximum absolute atomic E-state index is 11.8. The van der Waals surface area contributed by atoms with Crippen molar-refractivity contribution in [2.24, 2.45) is 0 Å². The van der Waals surface area contributed by atoms with Gasteiger partial charge in [0.05, 0.1) is 24.2 Å². The molecule has 8 heteroatoms. The summed E-state index contributed by atoms with van der Waals surface area (Å²) in [5.74, 6) is -0.208. The number of nitro benzene ring substituents is 1. The monoisotopic (exact) mass is 284 g/mol. The van der Waals surface area contributed by atoms with E-state index in [1.807, 2.05) is 0 Å². The van der Waals surface area contributed by atoms with Crippen LogP contribution in [0.15, 0.2) is 24.3 Å². The number of rotatable bonds is 8. The molecule has 1 rings (SSSR count). The lowest BCUT2D eigenvalue weighted by Gasteiger charge is -2.20. The zero-order valence-electron chi connectivity index (χ0n) is 10.8.